The predicted molar refractivity (Wildman–Crippen MR) is 80.3 cm³/mol. The summed E-state index contributed by atoms with van der Waals surface area (Å²) in [7, 11) is 0. The number of hydrogen-bond acceptors (Lipinski definition) is 3. The highest BCUT2D eigenvalue weighted by Crippen LogP contribution is 2.30. The lowest BCUT2D eigenvalue weighted by atomic mass is 9.89. The van der Waals surface area contributed by atoms with Crippen molar-refractivity contribution >= 4 is 11.9 Å². The van der Waals surface area contributed by atoms with Crippen LogP contribution in [0.2, 0.25) is 0 Å². The summed E-state index contributed by atoms with van der Waals surface area (Å²) < 4.78 is 5.49. The summed E-state index contributed by atoms with van der Waals surface area (Å²) in [6.45, 7) is 7.64. The molecule has 116 valence electrons. The molecule has 0 spiro atoms. The highest BCUT2D eigenvalue weighted by atomic mass is 16.5. The average molecular weight is 293 g/mol. The fraction of sp³-hybridized carbons (Fsp3) is 0.500. The molecular formula is C16H23NO4. The number of rotatable bonds is 7. The van der Waals surface area contributed by atoms with Gasteiger partial charge in [0.25, 0.3) is 0 Å². The van der Waals surface area contributed by atoms with E-state index in [1.54, 1.807) is 38.1 Å². The molecule has 1 aromatic carbocycles. The third-order valence-corrected chi connectivity index (χ3v) is 3.54. The fourth-order valence-corrected chi connectivity index (χ4v) is 2.34. The van der Waals surface area contributed by atoms with Crippen molar-refractivity contribution in [3.8, 4) is 5.75 Å². The topological polar surface area (TPSA) is 66.8 Å². The standard InChI is InChI=1S/C16H23NO4/c1-5-11-21-14-9-7-13(8-10-14)16(4,15(19)20)17(6-2)12(3)18/h7-10H,5-6,11H2,1-4H3,(H,19,20). The van der Waals surface area contributed by atoms with Gasteiger partial charge in [0.15, 0.2) is 5.54 Å². The molecule has 5 nitrogen and oxygen atoms in total. The highest BCUT2D eigenvalue weighted by molar-refractivity contribution is 5.87. The predicted octanol–water partition coefficient (Wildman–Crippen LogP) is 2.64. The van der Waals surface area contributed by atoms with Gasteiger partial charge in [0.2, 0.25) is 5.91 Å². The lowest BCUT2D eigenvalue weighted by molar-refractivity contribution is -0.158. The maximum Gasteiger partial charge on any atom is 0.334 e. The number of nitrogens with zero attached hydrogens (tertiary/aromatic N) is 1. The lowest BCUT2D eigenvalue weighted by Gasteiger charge is -2.37. The number of ether oxygens (including phenoxy) is 1. The van der Waals surface area contributed by atoms with E-state index in [0.29, 0.717) is 24.5 Å². The number of carboxylic acid groups (broad SMARTS) is 1. The zero-order chi connectivity index (χ0) is 16.0. The molecule has 1 aromatic rings. The molecule has 0 bridgehead atoms. The Balaban J connectivity index is 3.16. The molecule has 1 unspecified atom stereocenters. The van der Waals surface area contributed by atoms with Gasteiger partial charge in [-0.15, -0.1) is 0 Å². The number of carbonyl (C=O) groups excluding carboxylic acids is 1. The van der Waals surface area contributed by atoms with Gasteiger partial charge in [-0.2, -0.15) is 0 Å². The number of carboxylic acids is 1. The Morgan fingerprint density at radius 2 is 1.81 bits per heavy atom. The van der Waals surface area contributed by atoms with Crippen LogP contribution in [-0.2, 0) is 15.1 Å². The molecule has 0 aromatic heterocycles. The SMILES string of the molecule is CCCOc1ccc(C(C)(C(=O)O)N(CC)C(C)=O)cc1. The number of benzene rings is 1. The van der Waals surface area contributed by atoms with Crippen LogP contribution in [0.25, 0.3) is 0 Å². The first-order valence-corrected chi connectivity index (χ1v) is 7.12. The number of aliphatic carboxylic acids is 1. The number of hydrogen-bond donors (Lipinski definition) is 1. The van der Waals surface area contributed by atoms with E-state index in [0.717, 1.165) is 6.42 Å². The molecule has 1 rings (SSSR count). The van der Waals surface area contributed by atoms with Gasteiger partial charge in [-0.25, -0.2) is 4.79 Å². The van der Waals surface area contributed by atoms with E-state index >= 15 is 0 Å². The van der Waals surface area contributed by atoms with Crippen molar-refractivity contribution < 1.29 is 19.4 Å². The molecule has 0 saturated carbocycles. The van der Waals surface area contributed by atoms with Gasteiger partial charge >= 0.3 is 5.97 Å². The normalized spacial score (nSPS) is 13.3. The van der Waals surface area contributed by atoms with Gasteiger partial charge in [0.05, 0.1) is 6.61 Å². The van der Waals surface area contributed by atoms with Gasteiger partial charge in [0.1, 0.15) is 5.75 Å². The molecule has 0 radical (unpaired) electrons. The van der Waals surface area contributed by atoms with Gasteiger partial charge in [-0.3, -0.25) is 4.79 Å². The molecule has 21 heavy (non-hydrogen) atoms. The molecule has 0 fully saturated rings. The minimum absolute atomic E-state index is 0.270. The summed E-state index contributed by atoms with van der Waals surface area (Å²) in [5.74, 6) is -0.630. The quantitative estimate of drug-likeness (QED) is 0.839. The lowest BCUT2D eigenvalue weighted by Crippen LogP contribution is -2.51. The van der Waals surface area contributed by atoms with Crippen LogP contribution in [0.1, 0.15) is 39.7 Å². The van der Waals surface area contributed by atoms with Crippen LogP contribution >= 0.6 is 0 Å². The van der Waals surface area contributed by atoms with Crippen LogP contribution in [0.4, 0.5) is 0 Å². The molecular weight excluding hydrogens is 270 g/mol. The van der Waals surface area contributed by atoms with Crippen LogP contribution in [0.3, 0.4) is 0 Å². The third kappa shape index (κ3) is 3.54. The van der Waals surface area contributed by atoms with E-state index in [-0.39, 0.29) is 5.91 Å². The molecule has 1 atom stereocenters. The van der Waals surface area contributed by atoms with Crippen LogP contribution < -0.4 is 4.74 Å². The Morgan fingerprint density at radius 3 is 2.19 bits per heavy atom. The summed E-state index contributed by atoms with van der Waals surface area (Å²) in [5.41, 5.74) is -0.833. The van der Waals surface area contributed by atoms with Gasteiger partial charge in [0, 0.05) is 13.5 Å². The second-order valence-corrected chi connectivity index (χ2v) is 5.01. The van der Waals surface area contributed by atoms with Crippen molar-refractivity contribution in [2.75, 3.05) is 13.2 Å². The Bertz CT molecular complexity index is 498. The van der Waals surface area contributed by atoms with Crippen LogP contribution in [0.5, 0.6) is 5.75 Å². The van der Waals surface area contributed by atoms with Crippen LogP contribution in [-0.4, -0.2) is 35.0 Å². The minimum Gasteiger partial charge on any atom is -0.494 e. The van der Waals surface area contributed by atoms with E-state index in [2.05, 4.69) is 0 Å². The average Bonchev–Trinajstić information content (AvgIpc) is 2.45. The summed E-state index contributed by atoms with van der Waals surface area (Å²) in [6, 6.07) is 6.87. The van der Waals surface area contributed by atoms with E-state index in [4.69, 9.17) is 4.74 Å². The maximum atomic E-state index is 11.8. The molecule has 0 aliphatic heterocycles. The Morgan fingerprint density at radius 1 is 1.24 bits per heavy atom. The van der Waals surface area contributed by atoms with Crippen molar-refractivity contribution in [3.63, 3.8) is 0 Å². The Labute approximate surface area is 125 Å². The first kappa shape index (κ1) is 17.0. The molecule has 0 heterocycles. The number of likely N-dealkylation sites (N-methyl/N-ethyl adjacent to an activating group) is 1. The van der Waals surface area contributed by atoms with Crippen molar-refractivity contribution in [2.24, 2.45) is 0 Å². The second kappa shape index (κ2) is 7.11. The molecule has 5 heteroatoms. The highest BCUT2D eigenvalue weighted by Gasteiger charge is 2.42. The van der Waals surface area contributed by atoms with E-state index in [1.807, 2.05) is 6.92 Å². The number of amides is 1. The van der Waals surface area contributed by atoms with Crippen molar-refractivity contribution in [2.45, 2.75) is 39.7 Å². The zero-order valence-electron chi connectivity index (χ0n) is 13.0. The van der Waals surface area contributed by atoms with Crippen molar-refractivity contribution in [3.05, 3.63) is 29.8 Å². The summed E-state index contributed by atoms with van der Waals surface area (Å²) in [4.78, 5) is 24.8. The smallest absolute Gasteiger partial charge is 0.334 e. The van der Waals surface area contributed by atoms with Crippen LogP contribution in [0.15, 0.2) is 24.3 Å². The van der Waals surface area contributed by atoms with Gasteiger partial charge < -0.3 is 14.7 Å². The van der Waals surface area contributed by atoms with E-state index < -0.39 is 11.5 Å². The van der Waals surface area contributed by atoms with Crippen molar-refractivity contribution in [1.29, 1.82) is 0 Å². The van der Waals surface area contributed by atoms with Crippen molar-refractivity contribution in [1.82, 2.24) is 4.90 Å². The van der Waals surface area contributed by atoms with Gasteiger partial charge in [-0.1, -0.05) is 19.1 Å². The molecule has 1 amide bonds. The summed E-state index contributed by atoms with van der Waals surface area (Å²) >= 11 is 0. The second-order valence-electron chi connectivity index (χ2n) is 5.01. The Hall–Kier alpha value is -2.04. The molecule has 0 aliphatic rings. The largest absolute Gasteiger partial charge is 0.494 e. The fourth-order valence-electron chi connectivity index (χ4n) is 2.34. The maximum absolute atomic E-state index is 11.8. The first-order chi connectivity index (χ1) is 9.87. The van der Waals surface area contributed by atoms with Gasteiger partial charge in [-0.05, 0) is 38.0 Å². The number of carbonyl (C=O) groups is 2. The van der Waals surface area contributed by atoms with E-state index in [9.17, 15) is 14.7 Å². The monoisotopic (exact) mass is 293 g/mol. The first-order valence-electron chi connectivity index (χ1n) is 7.12. The van der Waals surface area contributed by atoms with Crippen LogP contribution in [0, 0.1) is 0 Å². The molecule has 0 aliphatic carbocycles. The Kier molecular flexibility index (Phi) is 5.76. The summed E-state index contributed by atoms with van der Waals surface area (Å²) in [6.07, 6.45) is 0.905. The zero-order valence-corrected chi connectivity index (χ0v) is 13.0. The molecule has 0 saturated heterocycles. The summed E-state index contributed by atoms with van der Waals surface area (Å²) in [5, 5.41) is 9.62. The third-order valence-electron chi connectivity index (χ3n) is 3.54. The molecule has 1 N–H and O–H groups in total. The van der Waals surface area contributed by atoms with E-state index in [1.165, 1.54) is 11.8 Å². The minimum atomic E-state index is -1.39.